The highest BCUT2D eigenvalue weighted by molar-refractivity contribution is 6.32. The van der Waals surface area contributed by atoms with Gasteiger partial charge in [0, 0.05) is 12.2 Å². The maximum atomic E-state index is 12.8. The van der Waals surface area contributed by atoms with Crippen molar-refractivity contribution in [1.29, 1.82) is 0 Å². The molecule has 1 aromatic carbocycles. The molecule has 2 atom stereocenters. The molecule has 2 heterocycles. The van der Waals surface area contributed by atoms with Crippen molar-refractivity contribution in [3.8, 4) is 5.69 Å². The van der Waals surface area contributed by atoms with Gasteiger partial charge in [-0.3, -0.25) is 4.79 Å². The molecule has 1 fully saturated rings. The molecular formula is C17H18ClN3O4. The van der Waals surface area contributed by atoms with Gasteiger partial charge in [-0.25, -0.2) is 9.48 Å². The quantitative estimate of drug-likeness (QED) is 0.903. The summed E-state index contributed by atoms with van der Waals surface area (Å²) in [5.41, 5.74) is 1.68. The van der Waals surface area contributed by atoms with Gasteiger partial charge in [0.2, 0.25) is 0 Å². The number of amides is 1. The highest BCUT2D eigenvalue weighted by Crippen LogP contribution is 2.22. The molecular weight excluding hydrogens is 346 g/mol. The van der Waals surface area contributed by atoms with E-state index in [2.05, 4.69) is 5.10 Å². The molecule has 0 saturated carbocycles. The number of ether oxygens (including phenoxy) is 1. The summed E-state index contributed by atoms with van der Waals surface area (Å²) in [5, 5.41) is 14.0. The third-order valence-corrected chi connectivity index (χ3v) is 4.33. The summed E-state index contributed by atoms with van der Waals surface area (Å²) in [6, 6.07) is 8.89. The van der Waals surface area contributed by atoms with Crippen molar-refractivity contribution < 1.29 is 19.4 Å². The van der Waals surface area contributed by atoms with E-state index in [1.165, 1.54) is 4.90 Å². The van der Waals surface area contributed by atoms with Gasteiger partial charge >= 0.3 is 5.97 Å². The van der Waals surface area contributed by atoms with Gasteiger partial charge in [0.15, 0.2) is 11.8 Å². The number of carbonyl (C=O) groups is 2. The fourth-order valence-corrected chi connectivity index (χ4v) is 3.08. The average molecular weight is 364 g/mol. The zero-order valence-electron chi connectivity index (χ0n) is 13.8. The molecule has 0 bridgehead atoms. The van der Waals surface area contributed by atoms with Crippen LogP contribution in [-0.2, 0) is 9.53 Å². The summed E-state index contributed by atoms with van der Waals surface area (Å²) in [6.07, 6.45) is -1.38. The van der Waals surface area contributed by atoms with Crippen LogP contribution in [0.4, 0.5) is 0 Å². The van der Waals surface area contributed by atoms with Crippen LogP contribution in [0.15, 0.2) is 30.3 Å². The number of carboxylic acids is 1. The lowest BCUT2D eigenvalue weighted by molar-refractivity contribution is -0.160. The van der Waals surface area contributed by atoms with E-state index in [-0.39, 0.29) is 24.2 Å². The SMILES string of the molecule is Cc1cc(C(=O)N2CC(C(=O)O)O[C@H](C)C2)nn1-c1ccccc1Cl. The van der Waals surface area contributed by atoms with Crippen LogP contribution in [0, 0.1) is 6.92 Å². The minimum absolute atomic E-state index is 0.00346. The topological polar surface area (TPSA) is 84.7 Å². The van der Waals surface area contributed by atoms with E-state index in [0.29, 0.717) is 17.3 Å². The number of carboxylic acid groups (broad SMARTS) is 1. The van der Waals surface area contributed by atoms with Crippen molar-refractivity contribution >= 4 is 23.5 Å². The summed E-state index contributed by atoms with van der Waals surface area (Å²) < 4.78 is 6.95. The van der Waals surface area contributed by atoms with Crippen molar-refractivity contribution in [1.82, 2.24) is 14.7 Å². The highest BCUT2D eigenvalue weighted by atomic mass is 35.5. The lowest BCUT2D eigenvalue weighted by Crippen LogP contribution is -2.51. The molecule has 2 aromatic rings. The van der Waals surface area contributed by atoms with Crippen LogP contribution in [0.3, 0.4) is 0 Å². The first kappa shape index (κ1) is 17.4. The Hall–Kier alpha value is -2.38. The van der Waals surface area contributed by atoms with Crippen molar-refractivity contribution in [3.63, 3.8) is 0 Å². The van der Waals surface area contributed by atoms with Crippen LogP contribution in [0.1, 0.15) is 23.1 Å². The smallest absolute Gasteiger partial charge is 0.334 e. The molecule has 1 aliphatic rings. The van der Waals surface area contributed by atoms with E-state index in [9.17, 15) is 9.59 Å². The van der Waals surface area contributed by atoms with Gasteiger partial charge in [-0.1, -0.05) is 23.7 Å². The Bertz CT molecular complexity index is 820. The zero-order valence-corrected chi connectivity index (χ0v) is 14.6. The molecule has 0 spiro atoms. The van der Waals surface area contributed by atoms with Crippen LogP contribution in [0.2, 0.25) is 5.02 Å². The summed E-state index contributed by atoms with van der Waals surface area (Å²) in [6.45, 7) is 3.88. The fourth-order valence-electron chi connectivity index (χ4n) is 2.86. The number of carbonyl (C=O) groups excluding carboxylic acids is 1. The number of hydrogen-bond donors (Lipinski definition) is 1. The molecule has 1 unspecified atom stereocenters. The molecule has 1 N–H and O–H groups in total. The van der Waals surface area contributed by atoms with E-state index in [4.69, 9.17) is 21.4 Å². The molecule has 7 nitrogen and oxygen atoms in total. The first-order chi connectivity index (χ1) is 11.9. The number of aromatic nitrogens is 2. The third-order valence-electron chi connectivity index (χ3n) is 4.01. The first-order valence-electron chi connectivity index (χ1n) is 7.86. The summed E-state index contributed by atoms with van der Waals surface area (Å²) in [4.78, 5) is 25.4. The Morgan fingerprint density at radius 2 is 2.04 bits per heavy atom. The molecule has 3 rings (SSSR count). The van der Waals surface area contributed by atoms with Crippen LogP contribution < -0.4 is 0 Å². The predicted octanol–water partition coefficient (Wildman–Crippen LogP) is 2.15. The van der Waals surface area contributed by atoms with Gasteiger partial charge < -0.3 is 14.7 Å². The number of morpholine rings is 1. The Morgan fingerprint density at radius 3 is 2.72 bits per heavy atom. The Kier molecular flexibility index (Phi) is 4.78. The standard InChI is InChI=1S/C17H18ClN3O4/c1-10-7-13(19-21(10)14-6-4-3-5-12(14)18)16(22)20-8-11(2)25-15(9-20)17(23)24/h3-7,11,15H,8-9H2,1-2H3,(H,23,24)/t11-,15?/m1/s1. The van der Waals surface area contributed by atoms with Crippen LogP contribution in [-0.4, -0.2) is 57.0 Å². The van der Waals surface area contributed by atoms with Gasteiger partial charge in [-0.15, -0.1) is 0 Å². The minimum atomic E-state index is -1.08. The van der Waals surface area contributed by atoms with Gasteiger partial charge in [0.05, 0.1) is 23.4 Å². The van der Waals surface area contributed by atoms with E-state index in [0.717, 1.165) is 5.69 Å². The number of nitrogens with zero attached hydrogens (tertiary/aromatic N) is 3. The monoisotopic (exact) mass is 363 g/mol. The fraction of sp³-hybridized carbons (Fsp3) is 0.353. The van der Waals surface area contributed by atoms with Gasteiger partial charge in [0.25, 0.3) is 5.91 Å². The zero-order chi connectivity index (χ0) is 18.1. The molecule has 0 aliphatic carbocycles. The van der Waals surface area contributed by atoms with Crippen molar-refractivity contribution in [2.45, 2.75) is 26.1 Å². The normalized spacial score (nSPS) is 20.5. The molecule has 1 saturated heterocycles. The molecule has 1 aliphatic heterocycles. The Morgan fingerprint density at radius 1 is 1.32 bits per heavy atom. The second-order valence-electron chi connectivity index (χ2n) is 6.02. The maximum Gasteiger partial charge on any atom is 0.334 e. The second-order valence-corrected chi connectivity index (χ2v) is 6.43. The van der Waals surface area contributed by atoms with Crippen molar-refractivity contribution in [2.75, 3.05) is 13.1 Å². The highest BCUT2D eigenvalue weighted by Gasteiger charge is 2.34. The Labute approximate surface area is 149 Å². The maximum absolute atomic E-state index is 12.8. The average Bonchev–Trinajstić information content (AvgIpc) is 2.95. The summed E-state index contributed by atoms with van der Waals surface area (Å²) in [7, 11) is 0. The number of aliphatic carboxylic acids is 1. The first-order valence-corrected chi connectivity index (χ1v) is 8.23. The van der Waals surface area contributed by atoms with E-state index < -0.39 is 12.1 Å². The van der Waals surface area contributed by atoms with Crippen molar-refractivity contribution in [2.24, 2.45) is 0 Å². The van der Waals surface area contributed by atoms with E-state index >= 15 is 0 Å². The number of rotatable bonds is 3. The number of aryl methyl sites for hydroxylation is 1. The van der Waals surface area contributed by atoms with Crippen LogP contribution in [0.5, 0.6) is 0 Å². The van der Waals surface area contributed by atoms with Gasteiger partial charge in [-0.05, 0) is 32.0 Å². The minimum Gasteiger partial charge on any atom is -0.479 e. The molecule has 132 valence electrons. The lowest BCUT2D eigenvalue weighted by Gasteiger charge is -2.34. The number of halogens is 1. The lowest BCUT2D eigenvalue weighted by atomic mass is 10.2. The molecule has 1 amide bonds. The number of benzene rings is 1. The Balaban J connectivity index is 1.87. The van der Waals surface area contributed by atoms with Gasteiger partial charge in [0.1, 0.15) is 0 Å². The van der Waals surface area contributed by atoms with Crippen LogP contribution in [0.25, 0.3) is 5.69 Å². The van der Waals surface area contributed by atoms with E-state index in [1.807, 2.05) is 25.1 Å². The molecule has 25 heavy (non-hydrogen) atoms. The predicted molar refractivity (Wildman–Crippen MR) is 91.2 cm³/mol. The number of para-hydroxylation sites is 1. The summed E-state index contributed by atoms with van der Waals surface area (Å²) in [5.74, 6) is -1.41. The number of hydrogen-bond acceptors (Lipinski definition) is 4. The van der Waals surface area contributed by atoms with Gasteiger partial charge in [-0.2, -0.15) is 5.10 Å². The van der Waals surface area contributed by atoms with E-state index in [1.54, 1.807) is 23.7 Å². The molecule has 1 aromatic heterocycles. The third kappa shape index (κ3) is 3.52. The second kappa shape index (κ2) is 6.85. The molecule has 0 radical (unpaired) electrons. The largest absolute Gasteiger partial charge is 0.479 e. The van der Waals surface area contributed by atoms with Crippen molar-refractivity contribution in [3.05, 3.63) is 46.7 Å². The van der Waals surface area contributed by atoms with Crippen LogP contribution >= 0.6 is 11.6 Å². The summed E-state index contributed by atoms with van der Waals surface area (Å²) >= 11 is 6.20. The molecule has 8 heteroatoms.